The van der Waals surface area contributed by atoms with Crippen molar-refractivity contribution in [1.29, 1.82) is 0 Å². The third-order valence-electron chi connectivity index (χ3n) is 5.39. The fourth-order valence-corrected chi connectivity index (χ4v) is 3.86. The predicted octanol–water partition coefficient (Wildman–Crippen LogP) is 2.96. The third-order valence-corrected chi connectivity index (χ3v) is 5.39. The summed E-state index contributed by atoms with van der Waals surface area (Å²) >= 11 is 0. The fraction of sp³-hybridized carbons (Fsp3) is 0.273. The maximum absolute atomic E-state index is 12.2. The Morgan fingerprint density at radius 2 is 1.80 bits per heavy atom. The van der Waals surface area contributed by atoms with Crippen LogP contribution in [0.5, 0.6) is 0 Å². The van der Waals surface area contributed by atoms with Gasteiger partial charge < -0.3 is 16.0 Å². The number of anilines is 2. The van der Waals surface area contributed by atoms with Gasteiger partial charge in [0, 0.05) is 42.4 Å². The molecule has 8 nitrogen and oxygen atoms in total. The normalized spacial score (nSPS) is 15.5. The van der Waals surface area contributed by atoms with Gasteiger partial charge in [-0.1, -0.05) is 0 Å². The maximum atomic E-state index is 12.2. The van der Waals surface area contributed by atoms with Crippen LogP contribution in [-0.4, -0.2) is 38.7 Å². The smallest absolute Gasteiger partial charge is 0.248 e. The molecule has 30 heavy (non-hydrogen) atoms. The van der Waals surface area contributed by atoms with Crippen LogP contribution in [0.15, 0.2) is 60.1 Å². The van der Waals surface area contributed by atoms with Crippen molar-refractivity contribution in [3.8, 4) is 11.4 Å². The van der Waals surface area contributed by atoms with E-state index in [4.69, 9.17) is 10.8 Å². The standard InChI is InChI=1S/C22H25N7O/c1-4-28(5-2)17-8-6-16(7-9-17)21-26-22-25-14(3)18(20(23)30)19(29(22)27-21)15-10-12-24-13-11-15/h6-13,19H,4-5H2,1-3H3,(H2,23,30)(H,25,26,27). The average Bonchev–Trinajstić information content (AvgIpc) is 3.18. The summed E-state index contributed by atoms with van der Waals surface area (Å²) in [6.45, 7) is 8.00. The molecular formula is C22H25N7O. The number of aromatic nitrogens is 4. The van der Waals surface area contributed by atoms with Gasteiger partial charge in [-0.3, -0.25) is 9.78 Å². The number of rotatable bonds is 6. The van der Waals surface area contributed by atoms with E-state index in [1.165, 1.54) is 0 Å². The van der Waals surface area contributed by atoms with Gasteiger partial charge in [0.25, 0.3) is 0 Å². The van der Waals surface area contributed by atoms with Crippen molar-refractivity contribution in [2.24, 2.45) is 5.73 Å². The van der Waals surface area contributed by atoms with E-state index in [0.717, 1.165) is 29.9 Å². The van der Waals surface area contributed by atoms with Crippen LogP contribution in [0.25, 0.3) is 11.4 Å². The second kappa shape index (κ2) is 7.98. The molecule has 0 radical (unpaired) electrons. The number of nitrogens with zero attached hydrogens (tertiary/aromatic N) is 5. The summed E-state index contributed by atoms with van der Waals surface area (Å²) < 4.78 is 1.72. The number of hydrogen-bond acceptors (Lipinski definition) is 6. The summed E-state index contributed by atoms with van der Waals surface area (Å²) in [6, 6.07) is 11.4. The molecule has 1 amide bonds. The summed E-state index contributed by atoms with van der Waals surface area (Å²) in [7, 11) is 0. The SMILES string of the molecule is CCN(CC)c1ccc(-c2nc3n(n2)C(c2ccncc2)C(C(N)=O)=C(C)N3)cc1. The van der Waals surface area contributed by atoms with Crippen LogP contribution >= 0.6 is 0 Å². The van der Waals surface area contributed by atoms with Gasteiger partial charge in [-0.25, -0.2) is 4.68 Å². The summed E-state index contributed by atoms with van der Waals surface area (Å²) in [6.07, 6.45) is 3.38. The van der Waals surface area contributed by atoms with E-state index in [-0.39, 0.29) is 0 Å². The Balaban J connectivity index is 1.76. The molecule has 1 aliphatic rings. The summed E-state index contributed by atoms with van der Waals surface area (Å²) in [5, 5.41) is 7.90. The molecule has 4 rings (SSSR count). The van der Waals surface area contributed by atoms with Crippen molar-refractivity contribution in [3.63, 3.8) is 0 Å². The number of allylic oxidation sites excluding steroid dienone is 1. The third kappa shape index (κ3) is 3.41. The highest BCUT2D eigenvalue weighted by molar-refractivity contribution is 5.95. The highest BCUT2D eigenvalue weighted by Crippen LogP contribution is 2.35. The number of primary amides is 1. The zero-order valence-corrected chi connectivity index (χ0v) is 17.3. The lowest BCUT2D eigenvalue weighted by atomic mass is 9.96. The fourth-order valence-electron chi connectivity index (χ4n) is 3.86. The van der Waals surface area contributed by atoms with Crippen molar-refractivity contribution >= 4 is 17.5 Å². The Hall–Kier alpha value is -3.68. The summed E-state index contributed by atoms with van der Waals surface area (Å²) in [5.41, 5.74) is 9.78. The minimum absolute atomic E-state index is 0.460. The van der Waals surface area contributed by atoms with Gasteiger partial charge in [-0.05, 0) is 62.7 Å². The number of nitrogens with two attached hydrogens (primary N) is 1. The van der Waals surface area contributed by atoms with E-state index in [9.17, 15) is 4.79 Å². The van der Waals surface area contributed by atoms with E-state index in [0.29, 0.717) is 23.0 Å². The molecule has 0 aliphatic carbocycles. The largest absolute Gasteiger partial charge is 0.372 e. The van der Waals surface area contributed by atoms with Crippen molar-refractivity contribution in [3.05, 3.63) is 65.6 Å². The first kappa shape index (κ1) is 19.6. The average molecular weight is 403 g/mol. The lowest BCUT2D eigenvalue weighted by Gasteiger charge is -2.27. The molecule has 1 aliphatic heterocycles. The first-order chi connectivity index (χ1) is 14.5. The number of amides is 1. The second-order valence-electron chi connectivity index (χ2n) is 7.13. The second-order valence-corrected chi connectivity index (χ2v) is 7.13. The maximum Gasteiger partial charge on any atom is 0.248 e. The Bertz CT molecular complexity index is 1080. The minimum Gasteiger partial charge on any atom is -0.372 e. The van der Waals surface area contributed by atoms with Crippen LogP contribution in [0.4, 0.5) is 11.6 Å². The number of carbonyl (C=O) groups excluding carboxylic acids is 1. The molecule has 2 aromatic heterocycles. The molecule has 0 saturated carbocycles. The van der Waals surface area contributed by atoms with Gasteiger partial charge >= 0.3 is 0 Å². The van der Waals surface area contributed by atoms with Gasteiger partial charge in [-0.2, -0.15) is 4.98 Å². The molecule has 1 aromatic carbocycles. The zero-order valence-electron chi connectivity index (χ0n) is 17.3. The van der Waals surface area contributed by atoms with E-state index in [2.05, 4.69) is 46.2 Å². The lowest BCUT2D eigenvalue weighted by Crippen LogP contribution is -2.31. The Kier molecular flexibility index (Phi) is 5.22. The molecule has 0 spiro atoms. The lowest BCUT2D eigenvalue weighted by molar-refractivity contribution is -0.115. The quantitative estimate of drug-likeness (QED) is 0.656. The van der Waals surface area contributed by atoms with Crippen LogP contribution in [0.2, 0.25) is 0 Å². The van der Waals surface area contributed by atoms with Gasteiger partial charge in [0.05, 0.1) is 5.57 Å². The van der Waals surface area contributed by atoms with Crippen LogP contribution in [-0.2, 0) is 4.79 Å². The van der Waals surface area contributed by atoms with Crippen LogP contribution in [0.3, 0.4) is 0 Å². The molecule has 3 N–H and O–H groups in total. The van der Waals surface area contributed by atoms with Crippen molar-refractivity contribution in [1.82, 2.24) is 19.7 Å². The Labute approximate surface area is 175 Å². The number of fused-ring (bicyclic) bond motifs is 1. The van der Waals surface area contributed by atoms with Crippen molar-refractivity contribution in [2.45, 2.75) is 26.8 Å². The number of nitrogens with one attached hydrogen (secondary N) is 1. The highest BCUT2D eigenvalue weighted by Gasteiger charge is 2.33. The first-order valence-electron chi connectivity index (χ1n) is 10.0. The molecule has 1 unspecified atom stereocenters. The Morgan fingerprint density at radius 1 is 1.13 bits per heavy atom. The molecule has 3 heterocycles. The molecule has 154 valence electrons. The molecule has 0 bridgehead atoms. The van der Waals surface area contributed by atoms with Crippen LogP contribution < -0.4 is 16.0 Å². The van der Waals surface area contributed by atoms with Crippen molar-refractivity contribution < 1.29 is 4.79 Å². The molecule has 0 fully saturated rings. The summed E-state index contributed by atoms with van der Waals surface area (Å²) in [4.78, 5) is 23.3. The number of carbonyl (C=O) groups is 1. The van der Waals surface area contributed by atoms with E-state index in [1.54, 1.807) is 17.1 Å². The molecule has 8 heteroatoms. The molecule has 0 saturated heterocycles. The molecular weight excluding hydrogens is 378 g/mol. The van der Waals surface area contributed by atoms with Crippen LogP contribution in [0.1, 0.15) is 32.4 Å². The van der Waals surface area contributed by atoms with Gasteiger partial charge in [0.15, 0.2) is 5.82 Å². The topological polar surface area (TPSA) is 102 Å². The van der Waals surface area contributed by atoms with Gasteiger partial charge in [0.1, 0.15) is 6.04 Å². The monoisotopic (exact) mass is 403 g/mol. The van der Waals surface area contributed by atoms with Gasteiger partial charge in [0.2, 0.25) is 11.9 Å². The first-order valence-corrected chi connectivity index (χ1v) is 10.0. The molecule has 1 atom stereocenters. The number of pyridine rings is 1. The zero-order chi connectivity index (χ0) is 21.3. The van der Waals surface area contributed by atoms with Crippen LogP contribution in [0, 0.1) is 0 Å². The van der Waals surface area contributed by atoms with E-state index < -0.39 is 11.9 Å². The highest BCUT2D eigenvalue weighted by atomic mass is 16.1. The predicted molar refractivity (Wildman–Crippen MR) is 117 cm³/mol. The minimum atomic E-state index is -0.493. The summed E-state index contributed by atoms with van der Waals surface area (Å²) in [5.74, 6) is 0.663. The molecule has 3 aromatic rings. The number of benzene rings is 1. The van der Waals surface area contributed by atoms with E-state index in [1.807, 2.05) is 31.2 Å². The van der Waals surface area contributed by atoms with Gasteiger partial charge in [-0.15, -0.1) is 5.10 Å². The number of hydrogen-bond donors (Lipinski definition) is 2. The Morgan fingerprint density at radius 3 is 2.40 bits per heavy atom. The van der Waals surface area contributed by atoms with Crippen molar-refractivity contribution in [2.75, 3.05) is 23.3 Å². The van der Waals surface area contributed by atoms with E-state index >= 15 is 0 Å².